The van der Waals surface area contributed by atoms with E-state index in [-0.39, 0.29) is 18.2 Å². The van der Waals surface area contributed by atoms with E-state index in [2.05, 4.69) is 10.5 Å². The zero-order chi connectivity index (χ0) is 15.2. The smallest absolute Gasteiger partial charge is 0.273 e. The van der Waals surface area contributed by atoms with Gasteiger partial charge in [-0.15, -0.1) is 0 Å². The zero-order valence-electron chi connectivity index (χ0n) is 12.0. The van der Waals surface area contributed by atoms with Crippen molar-refractivity contribution in [2.45, 2.75) is 26.9 Å². The van der Waals surface area contributed by atoms with Gasteiger partial charge in [0.15, 0.2) is 5.69 Å². The molecule has 21 heavy (non-hydrogen) atoms. The number of aromatic nitrogens is 1. The Hall–Kier alpha value is -2.01. The number of halogens is 1. The van der Waals surface area contributed by atoms with Gasteiger partial charge < -0.3 is 14.6 Å². The number of carbonyl (C=O) groups is 1. The molecular weight excluding hydrogens is 292 g/mol. The van der Waals surface area contributed by atoms with Crippen LogP contribution in [0.1, 0.15) is 35.2 Å². The molecule has 1 aromatic heterocycles. The lowest BCUT2D eigenvalue weighted by Crippen LogP contribution is -2.25. The third-order valence-electron chi connectivity index (χ3n) is 2.94. The van der Waals surface area contributed by atoms with Crippen molar-refractivity contribution < 1.29 is 14.1 Å². The Bertz CT molecular complexity index is 625. The minimum atomic E-state index is -0.258. The predicted molar refractivity (Wildman–Crippen MR) is 79.6 cm³/mol. The Balaban J connectivity index is 2.11. The number of carbonyl (C=O) groups excluding carboxylic acids is 1. The maximum absolute atomic E-state index is 12.0. The predicted octanol–water partition coefficient (Wildman–Crippen LogP) is 3.36. The Morgan fingerprint density at radius 2 is 2.19 bits per heavy atom. The molecule has 0 fully saturated rings. The highest BCUT2D eigenvalue weighted by Crippen LogP contribution is 2.25. The lowest BCUT2D eigenvalue weighted by Gasteiger charge is -2.08. The summed E-state index contributed by atoms with van der Waals surface area (Å²) in [6.07, 6.45) is 0.855. The molecule has 0 aliphatic heterocycles. The van der Waals surface area contributed by atoms with Gasteiger partial charge >= 0.3 is 0 Å². The van der Waals surface area contributed by atoms with Crippen molar-refractivity contribution in [2.24, 2.45) is 0 Å². The second-order valence-corrected chi connectivity index (χ2v) is 4.95. The van der Waals surface area contributed by atoms with Gasteiger partial charge in [-0.25, -0.2) is 0 Å². The lowest BCUT2D eigenvalue weighted by molar-refractivity contribution is 0.0942. The minimum Gasteiger partial charge on any atom is -0.487 e. The van der Waals surface area contributed by atoms with E-state index in [1.807, 2.05) is 19.1 Å². The van der Waals surface area contributed by atoms with Crippen LogP contribution in [0, 0.1) is 6.92 Å². The van der Waals surface area contributed by atoms with Crippen molar-refractivity contribution in [1.29, 1.82) is 0 Å². The highest BCUT2D eigenvalue weighted by molar-refractivity contribution is 6.32. The molecule has 0 atom stereocenters. The molecule has 0 aliphatic carbocycles. The summed E-state index contributed by atoms with van der Waals surface area (Å²) >= 11 is 6.03. The Morgan fingerprint density at radius 1 is 1.43 bits per heavy atom. The molecule has 1 aromatic carbocycles. The van der Waals surface area contributed by atoms with E-state index in [0.29, 0.717) is 28.6 Å². The number of rotatable bonds is 6. The molecule has 0 saturated heterocycles. The number of nitrogens with one attached hydrogen (secondary N) is 1. The summed E-state index contributed by atoms with van der Waals surface area (Å²) in [4.78, 5) is 12.0. The third kappa shape index (κ3) is 3.76. The van der Waals surface area contributed by atoms with Crippen LogP contribution >= 0.6 is 11.6 Å². The topological polar surface area (TPSA) is 64.4 Å². The first kappa shape index (κ1) is 15.4. The van der Waals surface area contributed by atoms with Crippen LogP contribution in [-0.2, 0) is 6.61 Å². The molecule has 1 amide bonds. The summed E-state index contributed by atoms with van der Waals surface area (Å²) in [5, 5.41) is 7.09. The standard InChI is InChI=1S/C15H17ClN2O3/c1-3-8-17-15(19)14-11(10(2)21-18-14)9-20-13-7-5-4-6-12(13)16/h4-7H,3,8-9H2,1-2H3,(H,17,19). The molecule has 0 saturated carbocycles. The molecule has 0 bridgehead atoms. The van der Waals surface area contributed by atoms with Gasteiger partial charge in [-0.2, -0.15) is 0 Å². The molecule has 0 aliphatic rings. The maximum atomic E-state index is 12.0. The molecule has 0 spiro atoms. The molecule has 5 nitrogen and oxygen atoms in total. The Morgan fingerprint density at radius 3 is 2.90 bits per heavy atom. The summed E-state index contributed by atoms with van der Waals surface area (Å²) in [5.74, 6) is 0.856. The zero-order valence-corrected chi connectivity index (χ0v) is 12.7. The molecule has 1 heterocycles. The second-order valence-electron chi connectivity index (χ2n) is 4.54. The number of amides is 1. The molecule has 6 heteroatoms. The fourth-order valence-corrected chi connectivity index (χ4v) is 1.96. The highest BCUT2D eigenvalue weighted by atomic mass is 35.5. The van der Waals surface area contributed by atoms with Crippen molar-refractivity contribution in [1.82, 2.24) is 10.5 Å². The first-order valence-corrected chi connectivity index (χ1v) is 7.12. The fourth-order valence-electron chi connectivity index (χ4n) is 1.77. The van der Waals surface area contributed by atoms with Crippen LogP contribution in [-0.4, -0.2) is 17.6 Å². The van der Waals surface area contributed by atoms with Gasteiger partial charge in [-0.05, 0) is 25.5 Å². The van der Waals surface area contributed by atoms with Gasteiger partial charge in [0.2, 0.25) is 0 Å². The molecular formula is C15H17ClN2O3. The van der Waals surface area contributed by atoms with E-state index < -0.39 is 0 Å². The van der Waals surface area contributed by atoms with Gasteiger partial charge in [0.1, 0.15) is 18.1 Å². The summed E-state index contributed by atoms with van der Waals surface area (Å²) in [5.41, 5.74) is 0.886. The second kappa shape index (κ2) is 7.13. The van der Waals surface area contributed by atoms with Gasteiger partial charge in [-0.1, -0.05) is 35.8 Å². The van der Waals surface area contributed by atoms with Gasteiger partial charge in [-0.3, -0.25) is 4.79 Å². The molecule has 1 N–H and O–H groups in total. The minimum absolute atomic E-state index is 0.175. The highest BCUT2D eigenvalue weighted by Gasteiger charge is 2.20. The monoisotopic (exact) mass is 308 g/mol. The number of benzene rings is 1. The van der Waals surface area contributed by atoms with E-state index in [9.17, 15) is 4.79 Å². The van der Waals surface area contributed by atoms with Crippen molar-refractivity contribution in [3.63, 3.8) is 0 Å². The van der Waals surface area contributed by atoms with Crippen LogP contribution in [0.4, 0.5) is 0 Å². The lowest BCUT2D eigenvalue weighted by atomic mass is 10.2. The average Bonchev–Trinajstić information content (AvgIpc) is 2.85. The van der Waals surface area contributed by atoms with Crippen LogP contribution in [0.15, 0.2) is 28.8 Å². The van der Waals surface area contributed by atoms with E-state index >= 15 is 0 Å². The number of aryl methyl sites for hydroxylation is 1. The normalized spacial score (nSPS) is 10.4. The number of para-hydroxylation sites is 1. The molecule has 2 aromatic rings. The Labute approximate surface area is 128 Å². The molecule has 112 valence electrons. The van der Waals surface area contributed by atoms with Crippen LogP contribution in [0.2, 0.25) is 5.02 Å². The first-order chi connectivity index (χ1) is 10.1. The van der Waals surface area contributed by atoms with Gasteiger partial charge in [0.05, 0.1) is 10.6 Å². The van der Waals surface area contributed by atoms with Gasteiger partial charge in [0, 0.05) is 6.54 Å². The summed E-state index contributed by atoms with van der Waals surface area (Å²) in [7, 11) is 0. The Kier molecular flexibility index (Phi) is 5.22. The van der Waals surface area contributed by atoms with Crippen molar-refractivity contribution >= 4 is 17.5 Å². The maximum Gasteiger partial charge on any atom is 0.273 e. The van der Waals surface area contributed by atoms with E-state index in [1.54, 1.807) is 19.1 Å². The summed E-state index contributed by atoms with van der Waals surface area (Å²) in [6.45, 7) is 4.49. The van der Waals surface area contributed by atoms with Crippen molar-refractivity contribution in [3.8, 4) is 5.75 Å². The SMILES string of the molecule is CCCNC(=O)c1noc(C)c1COc1ccccc1Cl. The summed E-state index contributed by atoms with van der Waals surface area (Å²) < 4.78 is 10.7. The van der Waals surface area contributed by atoms with Crippen LogP contribution in [0.25, 0.3) is 0 Å². The van der Waals surface area contributed by atoms with Gasteiger partial charge in [0.25, 0.3) is 5.91 Å². The van der Waals surface area contributed by atoms with Crippen LogP contribution in [0.3, 0.4) is 0 Å². The average molecular weight is 309 g/mol. The summed E-state index contributed by atoms with van der Waals surface area (Å²) in [6, 6.07) is 7.16. The quantitative estimate of drug-likeness (QED) is 0.888. The largest absolute Gasteiger partial charge is 0.487 e. The molecule has 0 unspecified atom stereocenters. The van der Waals surface area contributed by atoms with E-state index in [0.717, 1.165) is 6.42 Å². The molecule has 0 radical (unpaired) electrons. The van der Waals surface area contributed by atoms with E-state index in [1.165, 1.54) is 0 Å². The first-order valence-electron chi connectivity index (χ1n) is 6.74. The number of hydrogen-bond acceptors (Lipinski definition) is 4. The number of ether oxygens (including phenoxy) is 1. The fraction of sp³-hybridized carbons (Fsp3) is 0.333. The number of nitrogens with zero attached hydrogens (tertiary/aromatic N) is 1. The van der Waals surface area contributed by atoms with Crippen molar-refractivity contribution in [3.05, 3.63) is 46.3 Å². The molecule has 2 rings (SSSR count). The number of hydrogen-bond donors (Lipinski definition) is 1. The van der Waals surface area contributed by atoms with Crippen molar-refractivity contribution in [2.75, 3.05) is 6.54 Å². The van der Waals surface area contributed by atoms with Crippen LogP contribution in [0.5, 0.6) is 5.75 Å². The van der Waals surface area contributed by atoms with E-state index in [4.69, 9.17) is 20.9 Å². The van der Waals surface area contributed by atoms with Crippen LogP contribution < -0.4 is 10.1 Å². The third-order valence-corrected chi connectivity index (χ3v) is 3.26.